The van der Waals surface area contributed by atoms with E-state index in [2.05, 4.69) is 117 Å². The van der Waals surface area contributed by atoms with Crippen LogP contribution in [0.15, 0.2) is 60.7 Å². The molecule has 1 amide bonds. The molecule has 0 radical (unpaired) electrons. The molecule has 2 aliphatic rings. The quantitative estimate of drug-likeness (QED) is 0.238. The molecule has 2 aliphatic heterocycles. The van der Waals surface area contributed by atoms with E-state index < -0.39 is 0 Å². The largest absolute Gasteiger partial charge is 1.00 e. The van der Waals surface area contributed by atoms with Crippen LogP contribution < -0.4 is 18.9 Å². The summed E-state index contributed by atoms with van der Waals surface area (Å²) in [6.07, 6.45) is 1.50. The van der Waals surface area contributed by atoms with E-state index in [-0.39, 0.29) is 55.8 Å². The SMILES string of the molecule is CCOC(=O)N1Cc2c(sc(C)c2Cc2ccccc2)-n2c(C)nnc2[C@@H]1C.Cc1sc2c(c1Cc1ccccc1)CN(C)[C@@H](C)c1nnc(C)n1-2.[AlH3].[H-].[Li+]. The van der Waals surface area contributed by atoms with Crippen LogP contribution in [0.5, 0.6) is 0 Å². The summed E-state index contributed by atoms with van der Waals surface area (Å²) < 4.78 is 9.70. The van der Waals surface area contributed by atoms with Crippen LogP contribution in [-0.4, -0.2) is 76.4 Å². The van der Waals surface area contributed by atoms with Crippen LogP contribution in [0.4, 0.5) is 4.79 Å². The smallest absolute Gasteiger partial charge is 1.00 e. The van der Waals surface area contributed by atoms with Gasteiger partial charge in [-0.2, -0.15) is 0 Å². The molecular weight excluding hydrogens is 723 g/mol. The molecule has 0 spiro atoms. The predicted molar refractivity (Wildman–Crippen MR) is 218 cm³/mol. The molecular formula is C40H50AlLiN8O2S2. The number of carbonyl (C=O) groups excluding carboxylic acids is 1. The van der Waals surface area contributed by atoms with Crippen molar-refractivity contribution < 1.29 is 29.8 Å². The topological polar surface area (TPSA) is 94.2 Å². The van der Waals surface area contributed by atoms with Crippen LogP contribution >= 0.6 is 22.7 Å². The number of hydrogen-bond donors (Lipinski definition) is 0. The van der Waals surface area contributed by atoms with Crippen molar-refractivity contribution in [3.8, 4) is 10.0 Å². The fourth-order valence-electron chi connectivity index (χ4n) is 7.23. The molecule has 4 aromatic heterocycles. The van der Waals surface area contributed by atoms with Gasteiger partial charge in [0.1, 0.15) is 21.7 Å². The first-order valence-corrected chi connectivity index (χ1v) is 19.5. The minimum Gasteiger partial charge on any atom is -1.00 e. The summed E-state index contributed by atoms with van der Waals surface area (Å²) >= 11 is 3.62. The van der Waals surface area contributed by atoms with Gasteiger partial charge in [0.15, 0.2) is 29.0 Å². The van der Waals surface area contributed by atoms with Crippen LogP contribution in [0.1, 0.15) is 101 Å². The molecule has 0 fully saturated rings. The van der Waals surface area contributed by atoms with E-state index in [1.165, 1.54) is 42.6 Å². The molecule has 278 valence electrons. The summed E-state index contributed by atoms with van der Waals surface area (Å²) in [5, 5.41) is 19.9. The van der Waals surface area contributed by atoms with E-state index in [1.807, 2.05) is 45.1 Å². The Morgan fingerprint density at radius 3 is 1.65 bits per heavy atom. The summed E-state index contributed by atoms with van der Waals surface area (Å²) in [5.41, 5.74) is 7.94. The molecule has 0 saturated heterocycles. The van der Waals surface area contributed by atoms with Crippen molar-refractivity contribution in [2.75, 3.05) is 13.7 Å². The molecule has 2 atom stereocenters. The van der Waals surface area contributed by atoms with E-state index in [1.54, 1.807) is 16.2 Å². The van der Waals surface area contributed by atoms with Gasteiger partial charge in [-0.05, 0) is 90.6 Å². The fourth-order valence-corrected chi connectivity index (χ4v) is 9.70. The van der Waals surface area contributed by atoms with E-state index >= 15 is 0 Å². The van der Waals surface area contributed by atoms with Crippen LogP contribution in [0, 0.1) is 27.7 Å². The standard InChI is InChI=1S/C21H24N4O2S.C19H22N4S.Al.Li.4H/c1-5-27-21(26)24-12-18-17(11-16-9-7-6-8-10-16)14(3)28-20(18)25-15(4)22-23-19(25)13(24)2;1-12-18-21-20-14(3)23(18)19-17(11-22(12)4)16(13(2)24-19)10-15-8-6-5-7-9-15;;;;;;/h6-10,13H,5,11-12H2,1-4H3;5-9,12H,10-11H2,1-4H3;;;;;;/q;;;+1;;;;-1/t13-;12-;;;;;;/m00....../s1. The number of carbonyl (C=O) groups is 1. The zero-order valence-corrected chi connectivity index (χ0v) is 33.8. The average Bonchev–Trinajstić information content (AvgIpc) is 3.84. The molecule has 6 aromatic rings. The molecule has 0 aliphatic carbocycles. The summed E-state index contributed by atoms with van der Waals surface area (Å²) in [4.78, 5) is 19.5. The van der Waals surface area contributed by atoms with Crippen molar-refractivity contribution in [3.63, 3.8) is 0 Å². The van der Waals surface area contributed by atoms with Gasteiger partial charge in [-0.1, -0.05) is 60.7 Å². The Morgan fingerprint density at radius 2 is 1.19 bits per heavy atom. The number of ether oxygens (including phenoxy) is 1. The summed E-state index contributed by atoms with van der Waals surface area (Å²) in [6.45, 7) is 16.2. The van der Waals surface area contributed by atoms with Crippen LogP contribution in [0.2, 0.25) is 0 Å². The fraction of sp³-hybridized carbons (Fsp3) is 0.375. The number of aryl methyl sites for hydroxylation is 4. The van der Waals surface area contributed by atoms with Crippen LogP contribution in [0.25, 0.3) is 10.0 Å². The van der Waals surface area contributed by atoms with Crippen molar-refractivity contribution in [2.24, 2.45) is 0 Å². The molecule has 8 rings (SSSR count). The van der Waals surface area contributed by atoms with Gasteiger partial charge >= 0.3 is 25.0 Å². The minimum atomic E-state index is -0.315. The average molecular weight is 773 g/mol. The number of thiophene rings is 2. The van der Waals surface area contributed by atoms with Crippen molar-refractivity contribution >= 4 is 46.1 Å². The predicted octanol–water partition coefficient (Wildman–Crippen LogP) is 4.54. The Kier molecular flexibility index (Phi) is 13.5. The first kappa shape index (κ1) is 41.6. The molecule has 14 heteroatoms. The molecule has 2 aromatic carbocycles. The maximum atomic E-state index is 12.7. The third-order valence-electron chi connectivity index (χ3n) is 10.3. The third kappa shape index (κ3) is 7.92. The number of rotatable bonds is 5. The van der Waals surface area contributed by atoms with Gasteiger partial charge < -0.3 is 6.16 Å². The second kappa shape index (κ2) is 17.5. The maximum absolute atomic E-state index is 12.7. The Bertz CT molecular complexity index is 2220. The number of aromatic nitrogens is 6. The Balaban J connectivity index is 0.000000234. The summed E-state index contributed by atoms with van der Waals surface area (Å²) in [5.74, 6) is 3.63. The first-order valence-electron chi connectivity index (χ1n) is 17.9. The van der Waals surface area contributed by atoms with Crippen molar-refractivity contribution in [2.45, 2.75) is 86.5 Å². The van der Waals surface area contributed by atoms with Crippen LogP contribution in [0.3, 0.4) is 0 Å². The second-order valence-corrected chi connectivity index (χ2v) is 16.0. The van der Waals surface area contributed by atoms with Gasteiger partial charge in [-0.25, -0.2) is 4.79 Å². The van der Waals surface area contributed by atoms with Gasteiger partial charge in [-0.15, -0.1) is 43.1 Å². The molecule has 0 unspecified atom stereocenters. The van der Waals surface area contributed by atoms with Crippen molar-refractivity contribution in [3.05, 3.63) is 127 Å². The minimum absolute atomic E-state index is 0. The number of benzene rings is 2. The van der Waals surface area contributed by atoms with Crippen LogP contribution in [-0.2, 0) is 30.7 Å². The number of amides is 1. The van der Waals surface area contributed by atoms with Gasteiger partial charge in [-0.3, -0.25) is 18.9 Å². The Morgan fingerprint density at radius 1 is 0.741 bits per heavy atom. The van der Waals surface area contributed by atoms with E-state index in [4.69, 9.17) is 4.74 Å². The molecule has 10 nitrogen and oxygen atoms in total. The summed E-state index contributed by atoms with van der Waals surface area (Å²) in [6, 6.07) is 21.2. The van der Waals surface area contributed by atoms with E-state index in [9.17, 15) is 4.79 Å². The number of nitrogens with zero attached hydrogens (tertiary/aromatic N) is 8. The van der Waals surface area contributed by atoms with Gasteiger partial charge in [0.25, 0.3) is 0 Å². The van der Waals surface area contributed by atoms with E-state index in [0.29, 0.717) is 13.2 Å². The van der Waals surface area contributed by atoms with Crippen molar-refractivity contribution in [1.82, 2.24) is 39.3 Å². The monoisotopic (exact) mass is 772 g/mol. The number of hydrogen-bond acceptors (Lipinski definition) is 9. The normalized spacial score (nSPS) is 15.9. The van der Waals surface area contributed by atoms with Gasteiger partial charge in [0, 0.05) is 27.4 Å². The van der Waals surface area contributed by atoms with E-state index in [0.717, 1.165) is 53.2 Å². The zero-order valence-electron chi connectivity index (χ0n) is 33.2. The van der Waals surface area contributed by atoms with Crippen molar-refractivity contribution in [1.29, 1.82) is 0 Å². The Hall–Kier alpha value is -3.52. The molecule has 0 saturated carbocycles. The third-order valence-corrected chi connectivity index (χ3v) is 12.6. The molecule has 6 heterocycles. The molecule has 0 N–H and O–H groups in total. The van der Waals surface area contributed by atoms with Gasteiger partial charge in [0.05, 0.1) is 25.2 Å². The zero-order chi connectivity index (χ0) is 36.7. The number of fused-ring (bicyclic) bond motifs is 6. The molecule has 54 heavy (non-hydrogen) atoms. The first-order chi connectivity index (χ1) is 25.1. The van der Waals surface area contributed by atoms with Gasteiger partial charge in [0.2, 0.25) is 0 Å². The second-order valence-electron chi connectivity index (χ2n) is 13.6. The maximum Gasteiger partial charge on any atom is 1.00 e. The summed E-state index contributed by atoms with van der Waals surface area (Å²) in [7, 11) is 2.17. The Labute approximate surface area is 350 Å². The molecule has 0 bridgehead atoms.